The van der Waals surface area contributed by atoms with E-state index in [2.05, 4.69) is 5.32 Å². The van der Waals surface area contributed by atoms with Crippen LogP contribution in [0.4, 0.5) is 17.1 Å². The number of anilines is 2. The van der Waals surface area contributed by atoms with Crippen molar-refractivity contribution >= 4 is 40.5 Å². The lowest BCUT2D eigenvalue weighted by molar-refractivity contribution is -0.384. The van der Waals surface area contributed by atoms with E-state index in [4.69, 9.17) is 16.3 Å². The standard InChI is InChI=1S/C18H14ClN3O5/c1-27-18(24)15-10-21(13-7-5-11(19)6-8-13)17(23)16(15)20-12-3-2-4-14(9-12)22(25)26/h2-9,20H,10H2,1H3. The molecule has 8 nitrogen and oxygen atoms in total. The van der Waals surface area contributed by atoms with Crippen LogP contribution in [-0.2, 0) is 14.3 Å². The number of carbonyl (C=O) groups excluding carboxylic acids is 2. The number of nitrogens with one attached hydrogen (secondary N) is 1. The molecule has 1 aliphatic heterocycles. The Morgan fingerprint density at radius 3 is 2.59 bits per heavy atom. The first-order valence-electron chi connectivity index (χ1n) is 7.81. The van der Waals surface area contributed by atoms with Crippen LogP contribution in [0.5, 0.6) is 0 Å². The summed E-state index contributed by atoms with van der Waals surface area (Å²) in [7, 11) is 1.22. The molecule has 0 bridgehead atoms. The van der Waals surface area contributed by atoms with Crippen LogP contribution in [0.1, 0.15) is 0 Å². The molecule has 0 atom stereocenters. The Bertz CT molecular complexity index is 956. The van der Waals surface area contributed by atoms with Gasteiger partial charge in [0.1, 0.15) is 5.70 Å². The van der Waals surface area contributed by atoms with Gasteiger partial charge in [-0.15, -0.1) is 0 Å². The number of esters is 1. The van der Waals surface area contributed by atoms with Crippen LogP contribution in [0.3, 0.4) is 0 Å². The van der Waals surface area contributed by atoms with Crippen LogP contribution in [0.15, 0.2) is 59.8 Å². The number of rotatable bonds is 5. The first-order valence-corrected chi connectivity index (χ1v) is 8.19. The first-order chi connectivity index (χ1) is 12.9. The summed E-state index contributed by atoms with van der Waals surface area (Å²) in [6, 6.07) is 12.2. The third kappa shape index (κ3) is 3.75. The zero-order valence-corrected chi connectivity index (χ0v) is 14.9. The number of benzene rings is 2. The Balaban J connectivity index is 1.95. The summed E-state index contributed by atoms with van der Waals surface area (Å²) in [4.78, 5) is 36.8. The van der Waals surface area contributed by atoms with Gasteiger partial charge in [0, 0.05) is 28.5 Å². The smallest absolute Gasteiger partial charge is 0.337 e. The van der Waals surface area contributed by atoms with Gasteiger partial charge in [0.25, 0.3) is 11.6 Å². The number of amides is 1. The van der Waals surface area contributed by atoms with Crippen molar-refractivity contribution in [2.75, 3.05) is 23.9 Å². The van der Waals surface area contributed by atoms with Crippen LogP contribution >= 0.6 is 11.6 Å². The van der Waals surface area contributed by atoms with Crippen LogP contribution in [-0.4, -0.2) is 30.5 Å². The maximum Gasteiger partial charge on any atom is 0.337 e. The second-order valence-corrected chi connectivity index (χ2v) is 6.08. The van der Waals surface area contributed by atoms with Gasteiger partial charge in [-0.1, -0.05) is 17.7 Å². The van der Waals surface area contributed by atoms with E-state index in [1.165, 1.54) is 30.2 Å². The molecule has 1 heterocycles. The molecule has 2 aromatic carbocycles. The molecule has 0 spiro atoms. The van der Waals surface area contributed by atoms with Crippen LogP contribution in [0, 0.1) is 10.1 Å². The number of nitro groups is 1. The summed E-state index contributed by atoms with van der Waals surface area (Å²) in [6.07, 6.45) is 0. The van der Waals surface area contributed by atoms with Crippen molar-refractivity contribution in [3.63, 3.8) is 0 Å². The minimum absolute atomic E-state index is 0.00436. The molecule has 138 valence electrons. The van der Waals surface area contributed by atoms with E-state index in [-0.39, 0.29) is 23.5 Å². The number of halogens is 1. The molecule has 0 saturated heterocycles. The predicted octanol–water partition coefficient (Wildman–Crippen LogP) is 3.13. The summed E-state index contributed by atoms with van der Waals surface area (Å²) >= 11 is 5.88. The number of ether oxygens (including phenoxy) is 1. The average Bonchev–Trinajstić information content (AvgIpc) is 2.98. The van der Waals surface area contributed by atoms with Gasteiger partial charge in [-0.2, -0.15) is 0 Å². The lowest BCUT2D eigenvalue weighted by Crippen LogP contribution is -2.28. The van der Waals surface area contributed by atoms with E-state index in [1.807, 2.05) is 0 Å². The Morgan fingerprint density at radius 2 is 1.96 bits per heavy atom. The van der Waals surface area contributed by atoms with Gasteiger partial charge >= 0.3 is 5.97 Å². The highest BCUT2D eigenvalue weighted by Crippen LogP contribution is 2.29. The molecule has 3 rings (SSSR count). The van der Waals surface area contributed by atoms with Gasteiger partial charge in [-0.3, -0.25) is 14.9 Å². The molecule has 1 aliphatic rings. The van der Waals surface area contributed by atoms with Crippen molar-refractivity contribution in [3.05, 3.63) is 74.9 Å². The number of hydrogen-bond acceptors (Lipinski definition) is 6. The van der Waals surface area contributed by atoms with Crippen molar-refractivity contribution < 1.29 is 19.2 Å². The molecule has 27 heavy (non-hydrogen) atoms. The number of nitrogens with zero attached hydrogens (tertiary/aromatic N) is 2. The summed E-state index contributed by atoms with van der Waals surface area (Å²) in [5, 5.41) is 14.3. The Hall–Kier alpha value is -3.39. The SMILES string of the molecule is COC(=O)C1=C(Nc2cccc([N+](=O)[O-])c2)C(=O)N(c2ccc(Cl)cc2)C1. The van der Waals surface area contributed by atoms with Crippen molar-refractivity contribution in [1.82, 2.24) is 0 Å². The van der Waals surface area contributed by atoms with Crippen LogP contribution < -0.4 is 10.2 Å². The van der Waals surface area contributed by atoms with Crippen molar-refractivity contribution in [2.24, 2.45) is 0 Å². The zero-order valence-electron chi connectivity index (χ0n) is 14.1. The molecule has 0 unspecified atom stereocenters. The zero-order chi connectivity index (χ0) is 19.6. The summed E-state index contributed by atoms with van der Waals surface area (Å²) in [5.41, 5.74) is 0.870. The van der Waals surface area contributed by atoms with Crippen LogP contribution in [0.25, 0.3) is 0 Å². The highest BCUT2D eigenvalue weighted by Gasteiger charge is 2.35. The quantitative estimate of drug-likeness (QED) is 0.480. The van der Waals surface area contributed by atoms with Gasteiger partial charge < -0.3 is 15.0 Å². The van der Waals surface area contributed by atoms with E-state index in [9.17, 15) is 19.7 Å². The lowest BCUT2D eigenvalue weighted by Gasteiger charge is -2.17. The molecule has 1 N–H and O–H groups in total. The average molecular weight is 388 g/mol. The van der Waals surface area contributed by atoms with Crippen molar-refractivity contribution in [3.8, 4) is 0 Å². The second-order valence-electron chi connectivity index (χ2n) is 5.65. The summed E-state index contributed by atoms with van der Waals surface area (Å²) < 4.78 is 4.77. The predicted molar refractivity (Wildman–Crippen MR) is 99.6 cm³/mol. The molecule has 1 amide bonds. The molecule has 0 radical (unpaired) electrons. The minimum atomic E-state index is -0.659. The fourth-order valence-electron chi connectivity index (χ4n) is 2.66. The second kappa shape index (κ2) is 7.46. The monoisotopic (exact) mass is 387 g/mol. The molecule has 0 aromatic heterocycles. The number of hydrogen-bond donors (Lipinski definition) is 1. The van der Waals surface area contributed by atoms with Gasteiger partial charge in [-0.25, -0.2) is 4.79 Å². The van der Waals surface area contributed by atoms with E-state index in [0.717, 1.165) is 0 Å². The fourth-order valence-corrected chi connectivity index (χ4v) is 2.79. The first kappa shape index (κ1) is 18.4. The molecule has 0 saturated carbocycles. The molecular weight excluding hydrogens is 374 g/mol. The van der Waals surface area contributed by atoms with Crippen LogP contribution in [0.2, 0.25) is 5.02 Å². The summed E-state index contributed by atoms with van der Waals surface area (Å²) in [5.74, 6) is -1.11. The minimum Gasteiger partial charge on any atom is -0.466 e. The molecule has 0 aliphatic carbocycles. The normalized spacial score (nSPS) is 13.7. The van der Waals surface area contributed by atoms with Gasteiger partial charge in [-0.05, 0) is 30.3 Å². The largest absolute Gasteiger partial charge is 0.466 e. The third-order valence-corrected chi connectivity index (χ3v) is 4.23. The topological polar surface area (TPSA) is 102 Å². The van der Waals surface area contributed by atoms with Gasteiger partial charge in [0.15, 0.2) is 0 Å². The van der Waals surface area contributed by atoms with E-state index < -0.39 is 16.8 Å². The number of non-ortho nitro benzene ring substituents is 1. The van der Waals surface area contributed by atoms with Crippen molar-refractivity contribution in [1.29, 1.82) is 0 Å². The molecule has 9 heteroatoms. The van der Waals surface area contributed by atoms with E-state index in [1.54, 1.807) is 30.3 Å². The molecule has 2 aromatic rings. The Morgan fingerprint density at radius 1 is 1.26 bits per heavy atom. The Labute approximate surface area is 159 Å². The van der Waals surface area contributed by atoms with E-state index >= 15 is 0 Å². The number of carbonyl (C=O) groups is 2. The number of methoxy groups -OCH3 is 1. The third-order valence-electron chi connectivity index (χ3n) is 3.97. The Kier molecular flexibility index (Phi) is 5.09. The lowest BCUT2D eigenvalue weighted by atomic mass is 10.2. The maximum atomic E-state index is 12.9. The van der Waals surface area contributed by atoms with Gasteiger partial charge in [0.2, 0.25) is 0 Å². The van der Waals surface area contributed by atoms with Gasteiger partial charge in [0.05, 0.1) is 24.2 Å². The molecular formula is C18H14ClN3O5. The highest BCUT2D eigenvalue weighted by molar-refractivity contribution is 6.30. The number of nitro benzene ring substituents is 1. The highest BCUT2D eigenvalue weighted by atomic mass is 35.5. The molecule has 0 fully saturated rings. The van der Waals surface area contributed by atoms with Crippen molar-refractivity contribution in [2.45, 2.75) is 0 Å². The summed E-state index contributed by atoms with van der Waals surface area (Å²) in [6.45, 7) is 0.00436. The fraction of sp³-hybridized carbons (Fsp3) is 0.111. The maximum absolute atomic E-state index is 12.9. The van der Waals surface area contributed by atoms with E-state index in [0.29, 0.717) is 16.4 Å².